The van der Waals surface area contributed by atoms with Gasteiger partial charge < -0.3 is 0 Å². The number of aromatic nitrogens is 3. The van der Waals surface area contributed by atoms with Gasteiger partial charge in [-0.2, -0.15) is 5.10 Å². The number of halogens is 1. The Morgan fingerprint density at radius 1 is 1.09 bits per heavy atom. The fraction of sp³-hybridized carbons (Fsp3) is 0. The van der Waals surface area contributed by atoms with E-state index < -0.39 is 10.0 Å². The van der Waals surface area contributed by atoms with Crippen LogP contribution in [0.2, 0.25) is 5.02 Å². The summed E-state index contributed by atoms with van der Waals surface area (Å²) in [4.78, 5) is 3.93. The first-order valence-electron chi connectivity index (χ1n) is 6.29. The van der Waals surface area contributed by atoms with E-state index in [1.54, 1.807) is 42.7 Å². The van der Waals surface area contributed by atoms with Gasteiger partial charge in [0, 0.05) is 24.0 Å². The van der Waals surface area contributed by atoms with Gasteiger partial charge >= 0.3 is 0 Å². The first-order valence-corrected chi connectivity index (χ1v) is 8.15. The number of rotatable bonds is 4. The Morgan fingerprint density at radius 2 is 1.82 bits per heavy atom. The predicted octanol–water partition coefficient (Wildman–Crippen LogP) is 2.93. The van der Waals surface area contributed by atoms with Crippen LogP contribution in [0.1, 0.15) is 0 Å². The summed E-state index contributed by atoms with van der Waals surface area (Å²) in [6.07, 6.45) is 3.29. The van der Waals surface area contributed by atoms with Gasteiger partial charge in [0.2, 0.25) is 0 Å². The van der Waals surface area contributed by atoms with Crippen molar-refractivity contribution in [1.82, 2.24) is 15.2 Å². The molecule has 0 saturated carbocycles. The van der Waals surface area contributed by atoms with Crippen LogP contribution in [0.15, 0.2) is 59.8 Å². The van der Waals surface area contributed by atoms with E-state index in [-0.39, 0.29) is 15.7 Å². The summed E-state index contributed by atoms with van der Waals surface area (Å²) in [5, 5.41) is 6.88. The molecule has 0 amide bonds. The normalized spacial score (nSPS) is 11.3. The van der Waals surface area contributed by atoms with E-state index in [0.29, 0.717) is 5.69 Å². The third-order valence-electron chi connectivity index (χ3n) is 2.93. The largest absolute Gasteiger partial charge is 0.276 e. The van der Waals surface area contributed by atoms with Crippen molar-refractivity contribution < 1.29 is 8.42 Å². The van der Waals surface area contributed by atoms with Crippen LogP contribution in [0.4, 0.5) is 5.82 Å². The van der Waals surface area contributed by atoms with Crippen molar-refractivity contribution in [2.45, 2.75) is 4.90 Å². The van der Waals surface area contributed by atoms with Crippen molar-refractivity contribution in [2.24, 2.45) is 0 Å². The molecule has 0 bridgehead atoms. The Bertz CT molecular complexity index is 894. The summed E-state index contributed by atoms with van der Waals surface area (Å²) in [5.74, 6) is 0.187. The zero-order chi connectivity index (χ0) is 15.6. The van der Waals surface area contributed by atoms with E-state index in [1.807, 2.05) is 0 Å². The van der Waals surface area contributed by atoms with Crippen LogP contribution in [0.3, 0.4) is 0 Å². The minimum atomic E-state index is -3.79. The SMILES string of the molecule is O=S(=O)(Nc1cc(-c2ccncc2)[nH]n1)c1ccccc1Cl. The molecule has 0 aliphatic carbocycles. The molecule has 2 heterocycles. The highest BCUT2D eigenvalue weighted by Crippen LogP contribution is 2.24. The zero-order valence-electron chi connectivity index (χ0n) is 11.2. The average Bonchev–Trinajstić information content (AvgIpc) is 2.96. The molecule has 0 unspecified atom stereocenters. The molecule has 0 aliphatic heterocycles. The number of benzene rings is 1. The van der Waals surface area contributed by atoms with E-state index in [4.69, 9.17) is 11.6 Å². The molecule has 0 spiro atoms. The lowest BCUT2D eigenvalue weighted by Gasteiger charge is -2.06. The number of sulfonamides is 1. The van der Waals surface area contributed by atoms with Gasteiger partial charge in [0.15, 0.2) is 5.82 Å². The molecular weight excluding hydrogens is 324 g/mol. The van der Waals surface area contributed by atoms with Gasteiger partial charge in [0.1, 0.15) is 4.90 Å². The van der Waals surface area contributed by atoms with Gasteiger partial charge in [-0.25, -0.2) is 8.42 Å². The third kappa shape index (κ3) is 2.95. The van der Waals surface area contributed by atoms with Crippen LogP contribution in [-0.2, 0) is 10.0 Å². The minimum Gasteiger partial charge on any atom is -0.276 e. The standard InChI is InChI=1S/C14H11ClN4O2S/c15-11-3-1-2-4-13(11)22(20,21)19-14-9-12(17-18-14)10-5-7-16-8-6-10/h1-9H,(H2,17,18,19). The third-order valence-corrected chi connectivity index (χ3v) is 4.79. The monoisotopic (exact) mass is 334 g/mol. The second kappa shape index (κ2) is 5.78. The van der Waals surface area contributed by atoms with Crippen LogP contribution in [0.25, 0.3) is 11.3 Å². The molecule has 3 rings (SSSR count). The second-order valence-corrected chi connectivity index (χ2v) is 6.50. The Kier molecular flexibility index (Phi) is 3.82. The Labute approximate surface area is 132 Å². The fourth-order valence-corrected chi connectivity index (χ4v) is 3.42. The quantitative estimate of drug-likeness (QED) is 0.768. The lowest BCUT2D eigenvalue weighted by molar-refractivity contribution is 0.601. The number of anilines is 1. The van der Waals surface area contributed by atoms with Crippen molar-refractivity contribution in [3.63, 3.8) is 0 Å². The Morgan fingerprint density at radius 3 is 2.55 bits per heavy atom. The minimum absolute atomic E-state index is 0.00475. The summed E-state index contributed by atoms with van der Waals surface area (Å²) >= 11 is 5.92. The number of aromatic amines is 1. The number of nitrogens with zero attached hydrogens (tertiary/aromatic N) is 2. The van der Waals surface area contributed by atoms with Gasteiger partial charge in [-0.15, -0.1) is 0 Å². The number of H-pyrrole nitrogens is 1. The molecule has 0 saturated heterocycles. The molecule has 0 atom stereocenters. The van der Waals surface area contributed by atoms with Gasteiger partial charge in [-0.05, 0) is 24.3 Å². The molecule has 1 aromatic carbocycles. The highest BCUT2D eigenvalue weighted by molar-refractivity contribution is 7.92. The van der Waals surface area contributed by atoms with Crippen LogP contribution in [-0.4, -0.2) is 23.6 Å². The van der Waals surface area contributed by atoms with E-state index in [2.05, 4.69) is 19.9 Å². The van der Waals surface area contributed by atoms with Crippen LogP contribution in [0.5, 0.6) is 0 Å². The van der Waals surface area contributed by atoms with Gasteiger partial charge in [-0.1, -0.05) is 23.7 Å². The molecule has 6 nitrogen and oxygen atoms in total. The molecule has 112 valence electrons. The van der Waals surface area contributed by atoms with Crippen molar-refractivity contribution in [2.75, 3.05) is 4.72 Å². The van der Waals surface area contributed by atoms with E-state index in [1.165, 1.54) is 12.1 Å². The first-order chi connectivity index (χ1) is 10.6. The van der Waals surface area contributed by atoms with E-state index in [0.717, 1.165) is 5.56 Å². The number of hydrogen-bond donors (Lipinski definition) is 2. The molecule has 8 heteroatoms. The fourth-order valence-electron chi connectivity index (χ4n) is 1.91. The van der Waals surface area contributed by atoms with E-state index >= 15 is 0 Å². The second-order valence-electron chi connectivity index (χ2n) is 4.44. The van der Waals surface area contributed by atoms with Crippen molar-refractivity contribution in [1.29, 1.82) is 0 Å². The predicted molar refractivity (Wildman–Crippen MR) is 84.1 cm³/mol. The molecule has 2 N–H and O–H groups in total. The summed E-state index contributed by atoms with van der Waals surface area (Å²) in [7, 11) is -3.79. The highest BCUT2D eigenvalue weighted by Gasteiger charge is 2.18. The van der Waals surface area contributed by atoms with Crippen LogP contribution >= 0.6 is 11.6 Å². The van der Waals surface area contributed by atoms with E-state index in [9.17, 15) is 8.42 Å². The molecular formula is C14H11ClN4O2S. The van der Waals surface area contributed by atoms with Crippen molar-refractivity contribution in [3.05, 3.63) is 59.9 Å². The number of hydrogen-bond acceptors (Lipinski definition) is 4. The van der Waals surface area contributed by atoms with Gasteiger partial charge in [0.25, 0.3) is 10.0 Å². The summed E-state index contributed by atoms with van der Waals surface area (Å²) in [6.45, 7) is 0. The Balaban J connectivity index is 1.88. The van der Waals surface area contributed by atoms with Crippen molar-refractivity contribution >= 4 is 27.4 Å². The molecule has 0 radical (unpaired) electrons. The smallest absolute Gasteiger partial charge is 0.264 e. The Hall–Kier alpha value is -2.38. The number of nitrogens with one attached hydrogen (secondary N) is 2. The molecule has 0 fully saturated rings. The van der Waals surface area contributed by atoms with Gasteiger partial charge in [0.05, 0.1) is 10.7 Å². The summed E-state index contributed by atoms with van der Waals surface area (Å²) in [5.41, 5.74) is 1.53. The molecule has 3 aromatic rings. The maximum atomic E-state index is 12.3. The average molecular weight is 335 g/mol. The lowest BCUT2D eigenvalue weighted by atomic mass is 10.2. The topological polar surface area (TPSA) is 87.7 Å². The summed E-state index contributed by atoms with van der Waals surface area (Å²) in [6, 6.07) is 11.4. The maximum absolute atomic E-state index is 12.3. The summed E-state index contributed by atoms with van der Waals surface area (Å²) < 4.78 is 27.0. The first kappa shape index (κ1) is 14.6. The van der Waals surface area contributed by atoms with Gasteiger partial charge in [-0.3, -0.25) is 14.8 Å². The highest BCUT2D eigenvalue weighted by atomic mass is 35.5. The maximum Gasteiger partial charge on any atom is 0.264 e. The molecule has 22 heavy (non-hydrogen) atoms. The molecule has 2 aromatic heterocycles. The lowest BCUT2D eigenvalue weighted by Crippen LogP contribution is -2.13. The van der Waals surface area contributed by atoms with Crippen molar-refractivity contribution in [3.8, 4) is 11.3 Å². The van der Waals surface area contributed by atoms with Crippen LogP contribution in [0, 0.1) is 0 Å². The molecule has 0 aliphatic rings. The zero-order valence-corrected chi connectivity index (χ0v) is 12.8. The number of pyridine rings is 1. The van der Waals surface area contributed by atoms with Crippen LogP contribution < -0.4 is 4.72 Å².